The van der Waals surface area contributed by atoms with Gasteiger partial charge in [-0.1, -0.05) is 5.11 Å². The first-order chi connectivity index (χ1) is 8.10. The third kappa shape index (κ3) is 3.21. The lowest BCUT2D eigenvalue weighted by Crippen LogP contribution is -2.29. The number of aliphatic hydroxyl groups excluding tert-OH is 1. The van der Waals surface area contributed by atoms with Gasteiger partial charge in [-0.05, 0) is 36.7 Å². The van der Waals surface area contributed by atoms with Crippen LogP contribution in [0.15, 0.2) is 29.4 Å². The highest BCUT2D eigenvalue weighted by molar-refractivity contribution is 6.00. The minimum atomic E-state index is -1.10. The van der Waals surface area contributed by atoms with Crippen LogP contribution in [-0.2, 0) is 0 Å². The summed E-state index contributed by atoms with van der Waals surface area (Å²) in [4.78, 5) is 14.5. The van der Waals surface area contributed by atoms with Gasteiger partial charge < -0.3 is 9.84 Å². The molecule has 0 radical (unpaired) electrons. The van der Waals surface area contributed by atoms with Gasteiger partial charge in [-0.2, -0.15) is 0 Å². The highest BCUT2D eigenvalue weighted by Gasteiger charge is 2.23. The number of methoxy groups -OCH3 is 1. The maximum Gasteiger partial charge on any atom is 0.174 e. The van der Waals surface area contributed by atoms with Crippen LogP contribution in [0.4, 0.5) is 0 Å². The van der Waals surface area contributed by atoms with E-state index in [4.69, 9.17) is 10.3 Å². The van der Waals surface area contributed by atoms with E-state index in [1.54, 1.807) is 24.3 Å². The molecule has 0 aliphatic carbocycles. The van der Waals surface area contributed by atoms with Crippen LogP contribution in [0.3, 0.4) is 0 Å². The van der Waals surface area contributed by atoms with Gasteiger partial charge in [-0.3, -0.25) is 4.79 Å². The van der Waals surface area contributed by atoms with Crippen molar-refractivity contribution in [3.8, 4) is 5.75 Å². The molecule has 0 aliphatic heterocycles. The number of ketones is 1. The highest BCUT2D eigenvalue weighted by Crippen LogP contribution is 2.15. The quantitative estimate of drug-likeness (QED) is 0.365. The molecule has 1 aromatic carbocycles. The Morgan fingerprint density at radius 2 is 2.06 bits per heavy atom. The van der Waals surface area contributed by atoms with Crippen molar-refractivity contribution in [1.29, 1.82) is 0 Å². The van der Waals surface area contributed by atoms with E-state index >= 15 is 0 Å². The number of hydrogen-bond donors (Lipinski definition) is 1. The summed E-state index contributed by atoms with van der Waals surface area (Å²) in [6, 6.07) is 5.27. The van der Waals surface area contributed by atoms with Crippen molar-refractivity contribution in [2.75, 3.05) is 7.11 Å². The summed E-state index contributed by atoms with van der Waals surface area (Å²) >= 11 is 0. The standard InChI is InChI=1S/C11H13N3O3/c1-7(15)10(13-14-12)11(16)8-3-5-9(17-2)6-4-8/h3-7,10,15H,1-2H3/t7-,10+/m1/s1. The predicted molar refractivity (Wildman–Crippen MR) is 61.9 cm³/mol. The number of benzene rings is 1. The molecule has 0 aliphatic rings. The molecule has 0 aromatic heterocycles. The molecule has 0 spiro atoms. The van der Waals surface area contributed by atoms with Crippen molar-refractivity contribution >= 4 is 5.78 Å². The fourth-order valence-electron chi connectivity index (χ4n) is 1.35. The van der Waals surface area contributed by atoms with Gasteiger partial charge in [0.2, 0.25) is 0 Å². The van der Waals surface area contributed by atoms with Gasteiger partial charge in [0.15, 0.2) is 5.78 Å². The SMILES string of the molecule is COc1ccc(C(=O)[C@@H](N=[N+]=[N-])[C@@H](C)O)cc1. The molecule has 2 atom stereocenters. The van der Waals surface area contributed by atoms with Crippen molar-refractivity contribution in [3.05, 3.63) is 40.3 Å². The van der Waals surface area contributed by atoms with Crippen LogP contribution in [0.25, 0.3) is 10.4 Å². The Morgan fingerprint density at radius 3 is 2.47 bits per heavy atom. The average molecular weight is 235 g/mol. The molecule has 6 nitrogen and oxygen atoms in total. The van der Waals surface area contributed by atoms with Gasteiger partial charge in [0.05, 0.1) is 13.2 Å². The molecule has 17 heavy (non-hydrogen) atoms. The monoisotopic (exact) mass is 235 g/mol. The van der Waals surface area contributed by atoms with Crippen LogP contribution in [-0.4, -0.2) is 30.1 Å². The molecule has 1 aromatic rings. The first-order valence-corrected chi connectivity index (χ1v) is 5.00. The van der Waals surface area contributed by atoms with E-state index in [9.17, 15) is 9.90 Å². The summed E-state index contributed by atoms with van der Waals surface area (Å²) in [5.41, 5.74) is 8.70. The van der Waals surface area contributed by atoms with E-state index in [1.807, 2.05) is 0 Å². The normalized spacial score (nSPS) is 13.4. The molecule has 90 valence electrons. The fourth-order valence-corrected chi connectivity index (χ4v) is 1.35. The summed E-state index contributed by atoms with van der Waals surface area (Å²) < 4.78 is 4.96. The number of ether oxygens (including phenoxy) is 1. The first-order valence-electron chi connectivity index (χ1n) is 5.00. The van der Waals surface area contributed by atoms with E-state index in [1.165, 1.54) is 14.0 Å². The van der Waals surface area contributed by atoms with Gasteiger partial charge in [-0.15, -0.1) is 0 Å². The van der Waals surface area contributed by atoms with Crippen LogP contribution in [0.2, 0.25) is 0 Å². The summed E-state index contributed by atoms with van der Waals surface area (Å²) in [6.07, 6.45) is -1.03. The van der Waals surface area contributed by atoms with Crippen LogP contribution in [0.5, 0.6) is 5.75 Å². The molecule has 6 heteroatoms. The fraction of sp³-hybridized carbons (Fsp3) is 0.364. The first kappa shape index (κ1) is 13.0. The van der Waals surface area contributed by atoms with Crippen LogP contribution >= 0.6 is 0 Å². The number of rotatable bonds is 5. The van der Waals surface area contributed by atoms with E-state index < -0.39 is 17.9 Å². The second kappa shape index (κ2) is 5.89. The summed E-state index contributed by atoms with van der Waals surface area (Å²) in [5.74, 6) is 0.208. The number of Topliss-reactive ketones (excluding diaryl/α,β-unsaturated/α-hetero) is 1. The second-order valence-electron chi connectivity index (χ2n) is 3.48. The molecular formula is C11H13N3O3. The summed E-state index contributed by atoms with van der Waals surface area (Å²) in [7, 11) is 1.52. The van der Waals surface area contributed by atoms with Gasteiger partial charge in [0, 0.05) is 10.5 Å². The lowest BCUT2D eigenvalue weighted by molar-refractivity contribution is 0.0848. The van der Waals surface area contributed by atoms with Gasteiger partial charge in [-0.25, -0.2) is 0 Å². The Labute approximate surface area is 98.5 Å². The van der Waals surface area contributed by atoms with Crippen molar-refractivity contribution in [2.24, 2.45) is 5.11 Å². The van der Waals surface area contributed by atoms with Crippen molar-refractivity contribution in [1.82, 2.24) is 0 Å². The second-order valence-corrected chi connectivity index (χ2v) is 3.48. The van der Waals surface area contributed by atoms with Gasteiger partial charge in [0.25, 0.3) is 0 Å². The zero-order valence-corrected chi connectivity index (χ0v) is 9.57. The lowest BCUT2D eigenvalue weighted by atomic mass is 10.0. The molecular weight excluding hydrogens is 222 g/mol. The predicted octanol–water partition coefficient (Wildman–Crippen LogP) is 1.94. The zero-order chi connectivity index (χ0) is 12.8. The summed E-state index contributed by atoms with van der Waals surface area (Å²) in [5, 5.41) is 12.7. The maximum atomic E-state index is 11.9. The minimum absolute atomic E-state index is 0.365. The molecule has 0 amide bonds. The van der Waals surface area contributed by atoms with Crippen LogP contribution in [0, 0.1) is 0 Å². The number of azide groups is 1. The highest BCUT2D eigenvalue weighted by atomic mass is 16.5. The molecule has 0 heterocycles. The Hall–Kier alpha value is -2.04. The number of aliphatic hydroxyl groups is 1. The summed E-state index contributed by atoms with van der Waals surface area (Å²) in [6.45, 7) is 1.40. The van der Waals surface area contributed by atoms with E-state index in [-0.39, 0.29) is 0 Å². The lowest BCUT2D eigenvalue weighted by Gasteiger charge is -2.12. The van der Waals surface area contributed by atoms with Crippen molar-refractivity contribution in [3.63, 3.8) is 0 Å². The van der Waals surface area contributed by atoms with E-state index in [0.717, 1.165) is 0 Å². The number of hydrogen-bond acceptors (Lipinski definition) is 4. The topological polar surface area (TPSA) is 95.3 Å². The Balaban J connectivity index is 2.97. The number of nitrogens with zero attached hydrogens (tertiary/aromatic N) is 3. The molecule has 1 rings (SSSR count). The zero-order valence-electron chi connectivity index (χ0n) is 9.57. The Morgan fingerprint density at radius 1 is 1.47 bits per heavy atom. The van der Waals surface area contributed by atoms with E-state index in [2.05, 4.69) is 10.0 Å². The molecule has 0 saturated heterocycles. The maximum absolute atomic E-state index is 11.9. The van der Waals surface area contributed by atoms with E-state index in [0.29, 0.717) is 11.3 Å². The van der Waals surface area contributed by atoms with Gasteiger partial charge in [0.1, 0.15) is 11.8 Å². The van der Waals surface area contributed by atoms with Crippen LogP contribution in [0.1, 0.15) is 17.3 Å². The number of carbonyl (C=O) groups excluding carboxylic acids is 1. The molecule has 0 fully saturated rings. The number of carbonyl (C=O) groups is 1. The molecule has 1 N–H and O–H groups in total. The van der Waals surface area contributed by atoms with Gasteiger partial charge >= 0.3 is 0 Å². The molecule has 0 unspecified atom stereocenters. The smallest absolute Gasteiger partial charge is 0.174 e. The molecule has 0 saturated carbocycles. The molecule has 0 bridgehead atoms. The van der Waals surface area contributed by atoms with Crippen LogP contribution < -0.4 is 4.74 Å². The average Bonchev–Trinajstić information content (AvgIpc) is 2.35. The Kier molecular flexibility index (Phi) is 4.51. The third-order valence-corrected chi connectivity index (χ3v) is 2.28. The Bertz CT molecular complexity index is 436. The van der Waals surface area contributed by atoms with Crippen molar-refractivity contribution < 1.29 is 14.6 Å². The third-order valence-electron chi connectivity index (χ3n) is 2.28. The van der Waals surface area contributed by atoms with Crippen molar-refractivity contribution in [2.45, 2.75) is 19.1 Å². The largest absolute Gasteiger partial charge is 0.497 e. The minimum Gasteiger partial charge on any atom is -0.497 e.